The molecule has 0 bridgehead atoms. The zero-order chi connectivity index (χ0) is 13.7. The number of para-hydroxylation sites is 1. The van der Waals surface area contributed by atoms with E-state index in [1.165, 1.54) is 18.2 Å². The number of carboxylic acids is 1. The van der Waals surface area contributed by atoms with Gasteiger partial charge in [0, 0.05) is 6.07 Å². The Morgan fingerprint density at radius 1 is 1.56 bits per heavy atom. The maximum absolute atomic E-state index is 11.0. The van der Waals surface area contributed by atoms with E-state index in [1.54, 1.807) is 0 Å². The van der Waals surface area contributed by atoms with Crippen LogP contribution in [-0.2, 0) is 0 Å². The molecule has 1 N–H and O–H groups in total. The molecule has 6 heteroatoms. The highest BCUT2D eigenvalue weighted by Gasteiger charge is 2.22. The molecule has 0 amide bonds. The predicted molar refractivity (Wildman–Crippen MR) is 65.0 cm³/mol. The first-order valence-corrected chi connectivity index (χ1v) is 5.27. The summed E-state index contributed by atoms with van der Waals surface area (Å²) in [5, 5.41) is 19.8. The number of ether oxygens (including phenoxy) is 1. The Hall–Kier alpha value is -2.37. The third-order valence-electron chi connectivity index (χ3n) is 2.34. The summed E-state index contributed by atoms with van der Waals surface area (Å²) in [6, 6.07) is 3.78. The minimum Gasteiger partial charge on any atom is -0.482 e. The lowest BCUT2D eigenvalue weighted by Crippen LogP contribution is -2.08. The molecule has 1 aromatic carbocycles. The molecular weight excluding hydrogens is 238 g/mol. The van der Waals surface area contributed by atoms with Crippen LogP contribution in [0.25, 0.3) is 0 Å². The van der Waals surface area contributed by atoms with Gasteiger partial charge < -0.3 is 9.84 Å². The molecule has 0 aliphatic rings. The summed E-state index contributed by atoms with van der Waals surface area (Å²) in [5.41, 5.74) is 0.136. The molecule has 0 radical (unpaired) electrons. The fourth-order valence-electron chi connectivity index (χ4n) is 1.26. The van der Waals surface area contributed by atoms with E-state index in [4.69, 9.17) is 9.84 Å². The van der Waals surface area contributed by atoms with Crippen molar-refractivity contribution in [1.82, 2.24) is 0 Å². The van der Waals surface area contributed by atoms with Gasteiger partial charge in [-0.3, -0.25) is 10.1 Å². The van der Waals surface area contributed by atoms with E-state index < -0.39 is 10.9 Å². The first-order valence-electron chi connectivity index (χ1n) is 5.27. The van der Waals surface area contributed by atoms with Gasteiger partial charge in [0.05, 0.1) is 4.92 Å². The van der Waals surface area contributed by atoms with Gasteiger partial charge in [0.15, 0.2) is 0 Å². The molecule has 6 nitrogen and oxygen atoms in total. The number of hydrogen-bond donors (Lipinski definition) is 1. The SMILES string of the molecule is C=C(CC)COc1c(C(=O)O)cccc1[N+](=O)[O-]. The van der Waals surface area contributed by atoms with Gasteiger partial charge in [-0.1, -0.05) is 19.6 Å². The fourth-order valence-corrected chi connectivity index (χ4v) is 1.26. The van der Waals surface area contributed by atoms with Gasteiger partial charge in [0.2, 0.25) is 5.75 Å². The Morgan fingerprint density at radius 2 is 2.22 bits per heavy atom. The van der Waals surface area contributed by atoms with Crippen LogP contribution in [0.3, 0.4) is 0 Å². The standard InChI is InChI=1S/C12H13NO5/c1-3-8(2)7-18-11-9(12(14)15)5-4-6-10(11)13(16)17/h4-6H,2-3,7H2,1H3,(H,14,15). The molecule has 0 saturated carbocycles. The van der Waals surface area contributed by atoms with Crippen LogP contribution in [0.1, 0.15) is 23.7 Å². The van der Waals surface area contributed by atoms with Crippen molar-refractivity contribution in [1.29, 1.82) is 0 Å². The second kappa shape index (κ2) is 5.81. The maximum atomic E-state index is 11.0. The second-order valence-corrected chi connectivity index (χ2v) is 3.61. The van der Waals surface area contributed by atoms with E-state index in [1.807, 2.05) is 6.92 Å². The van der Waals surface area contributed by atoms with Crippen molar-refractivity contribution >= 4 is 11.7 Å². The van der Waals surface area contributed by atoms with Gasteiger partial charge in [-0.05, 0) is 18.1 Å². The normalized spacial score (nSPS) is 9.83. The average molecular weight is 251 g/mol. The van der Waals surface area contributed by atoms with Crippen LogP contribution in [0, 0.1) is 10.1 Å². The molecule has 0 saturated heterocycles. The quantitative estimate of drug-likeness (QED) is 0.477. The third-order valence-corrected chi connectivity index (χ3v) is 2.34. The Morgan fingerprint density at radius 3 is 2.72 bits per heavy atom. The Balaban J connectivity index is 3.15. The molecule has 0 atom stereocenters. The van der Waals surface area contributed by atoms with Gasteiger partial charge in [0.25, 0.3) is 0 Å². The van der Waals surface area contributed by atoms with E-state index in [2.05, 4.69) is 6.58 Å². The predicted octanol–water partition coefficient (Wildman–Crippen LogP) is 2.64. The van der Waals surface area contributed by atoms with Crippen LogP contribution >= 0.6 is 0 Å². The van der Waals surface area contributed by atoms with Crippen LogP contribution in [0.4, 0.5) is 5.69 Å². The topological polar surface area (TPSA) is 89.7 Å². The highest BCUT2D eigenvalue weighted by molar-refractivity contribution is 5.92. The van der Waals surface area contributed by atoms with Crippen molar-refractivity contribution in [2.45, 2.75) is 13.3 Å². The van der Waals surface area contributed by atoms with Gasteiger partial charge in [-0.2, -0.15) is 0 Å². The fraction of sp³-hybridized carbons (Fsp3) is 0.250. The largest absolute Gasteiger partial charge is 0.482 e. The number of carboxylic acid groups (broad SMARTS) is 1. The molecule has 0 aliphatic heterocycles. The number of nitro benzene ring substituents is 1. The first-order chi connectivity index (χ1) is 8.47. The summed E-state index contributed by atoms with van der Waals surface area (Å²) in [4.78, 5) is 21.1. The van der Waals surface area contributed by atoms with Gasteiger partial charge in [-0.15, -0.1) is 0 Å². The molecule has 0 heterocycles. The van der Waals surface area contributed by atoms with Crippen molar-refractivity contribution in [2.75, 3.05) is 6.61 Å². The third kappa shape index (κ3) is 3.07. The summed E-state index contributed by atoms with van der Waals surface area (Å²) in [5.74, 6) is -1.50. The number of carbonyl (C=O) groups is 1. The molecule has 0 spiro atoms. The minimum atomic E-state index is -1.27. The molecular formula is C12H13NO5. The van der Waals surface area contributed by atoms with Crippen molar-refractivity contribution in [3.63, 3.8) is 0 Å². The molecule has 0 unspecified atom stereocenters. The second-order valence-electron chi connectivity index (χ2n) is 3.61. The number of nitrogens with zero attached hydrogens (tertiary/aromatic N) is 1. The lowest BCUT2D eigenvalue weighted by molar-refractivity contribution is -0.385. The molecule has 1 rings (SSSR count). The van der Waals surface area contributed by atoms with Crippen LogP contribution in [-0.4, -0.2) is 22.6 Å². The summed E-state index contributed by atoms with van der Waals surface area (Å²) in [6.07, 6.45) is 0.656. The highest BCUT2D eigenvalue weighted by Crippen LogP contribution is 2.31. The van der Waals surface area contributed by atoms with Crippen molar-refractivity contribution in [3.05, 3.63) is 46.0 Å². The molecule has 1 aromatic rings. The number of benzene rings is 1. The van der Waals surface area contributed by atoms with Crippen LogP contribution in [0.5, 0.6) is 5.75 Å². The number of aromatic carboxylic acids is 1. The summed E-state index contributed by atoms with van der Waals surface area (Å²) in [6.45, 7) is 5.62. The van der Waals surface area contributed by atoms with Gasteiger partial charge in [0.1, 0.15) is 12.2 Å². The minimum absolute atomic E-state index is 0.0572. The Bertz CT molecular complexity index is 463. The lowest BCUT2D eigenvalue weighted by Gasteiger charge is -2.10. The average Bonchev–Trinajstić information content (AvgIpc) is 2.34. The van der Waals surface area contributed by atoms with E-state index in [-0.39, 0.29) is 23.6 Å². The number of rotatable bonds is 6. The summed E-state index contributed by atoms with van der Waals surface area (Å²) < 4.78 is 5.22. The number of hydrogen-bond acceptors (Lipinski definition) is 4. The van der Waals surface area contributed by atoms with E-state index in [0.29, 0.717) is 6.42 Å². The maximum Gasteiger partial charge on any atom is 0.339 e. The highest BCUT2D eigenvalue weighted by atomic mass is 16.6. The smallest absolute Gasteiger partial charge is 0.339 e. The summed E-state index contributed by atoms with van der Waals surface area (Å²) in [7, 11) is 0. The van der Waals surface area contributed by atoms with Crippen molar-refractivity contribution in [3.8, 4) is 5.75 Å². The molecule has 18 heavy (non-hydrogen) atoms. The van der Waals surface area contributed by atoms with Crippen molar-refractivity contribution < 1.29 is 19.6 Å². The number of nitro groups is 1. The van der Waals surface area contributed by atoms with E-state index in [9.17, 15) is 14.9 Å². The van der Waals surface area contributed by atoms with Crippen molar-refractivity contribution in [2.24, 2.45) is 0 Å². The van der Waals surface area contributed by atoms with E-state index >= 15 is 0 Å². The lowest BCUT2D eigenvalue weighted by atomic mass is 10.1. The van der Waals surface area contributed by atoms with Gasteiger partial charge in [-0.25, -0.2) is 4.79 Å². The Kier molecular flexibility index (Phi) is 4.42. The molecule has 0 aromatic heterocycles. The molecule has 96 valence electrons. The zero-order valence-electron chi connectivity index (χ0n) is 9.88. The Labute approximate surface area is 104 Å². The van der Waals surface area contributed by atoms with Crippen LogP contribution in [0.15, 0.2) is 30.4 Å². The van der Waals surface area contributed by atoms with Gasteiger partial charge >= 0.3 is 11.7 Å². The monoisotopic (exact) mass is 251 g/mol. The van der Waals surface area contributed by atoms with Crippen LogP contribution < -0.4 is 4.74 Å². The van der Waals surface area contributed by atoms with E-state index in [0.717, 1.165) is 5.57 Å². The first kappa shape index (κ1) is 13.7. The molecule has 0 fully saturated rings. The summed E-state index contributed by atoms with van der Waals surface area (Å²) >= 11 is 0. The molecule has 0 aliphatic carbocycles. The van der Waals surface area contributed by atoms with Crippen LogP contribution in [0.2, 0.25) is 0 Å². The zero-order valence-corrected chi connectivity index (χ0v) is 9.88.